The van der Waals surface area contributed by atoms with Crippen molar-refractivity contribution < 1.29 is 19.1 Å². The third-order valence-corrected chi connectivity index (χ3v) is 2.99. The van der Waals surface area contributed by atoms with Crippen molar-refractivity contribution in [2.45, 2.75) is 53.2 Å². The molecule has 0 radical (unpaired) electrons. The van der Waals surface area contributed by atoms with Gasteiger partial charge in [-0.2, -0.15) is 0 Å². The van der Waals surface area contributed by atoms with Crippen LogP contribution < -0.4 is 0 Å². The molecule has 1 aromatic carbocycles. The van der Waals surface area contributed by atoms with Crippen molar-refractivity contribution in [1.29, 1.82) is 0 Å². The highest BCUT2D eigenvalue weighted by atomic mass is 16.6. The van der Waals surface area contributed by atoms with Gasteiger partial charge in [-0.25, -0.2) is 0 Å². The molecule has 0 aliphatic carbocycles. The van der Waals surface area contributed by atoms with Crippen LogP contribution in [-0.2, 0) is 25.5 Å². The lowest BCUT2D eigenvalue weighted by molar-refractivity contribution is -0.175. The molecule has 0 aromatic heterocycles. The van der Waals surface area contributed by atoms with E-state index < -0.39 is 17.4 Å². The topological polar surface area (TPSA) is 52.6 Å². The summed E-state index contributed by atoms with van der Waals surface area (Å²) in [5.41, 5.74) is -0.447. The Labute approximate surface area is 126 Å². The largest absolute Gasteiger partial charge is 0.462 e. The minimum Gasteiger partial charge on any atom is -0.462 e. The number of carbonyl (C=O) groups excluding carboxylic acids is 2. The number of rotatable bonds is 6. The lowest BCUT2D eigenvalue weighted by Crippen LogP contribution is -2.43. The second-order valence-electron chi connectivity index (χ2n) is 5.90. The van der Waals surface area contributed by atoms with Crippen LogP contribution in [0.2, 0.25) is 0 Å². The maximum Gasteiger partial charge on any atom is 0.323 e. The van der Waals surface area contributed by atoms with Crippen LogP contribution in [0, 0.1) is 5.41 Å². The van der Waals surface area contributed by atoms with Crippen molar-refractivity contribution in [1.82, 2.24) is 0 Å². The molecule has 0 N–H and O–H groups in total. The Morgan fingerprint density at radius 2 is 1.38 bits per heavy atom. The SMILES string of the molecule is CC(C)OC(=O)C(C)(Cc1ccccc1)C(=O)OC(C)C. The van der Waals surface area contributed by atoms with E-state index >= 15 is 0 Å². The number of hydrogen-bond acceptors (Lipinski definition) is 4. The molecule has 0 amide bonds. The van der Waals surface area contributed by atoms with E-state index in [1.807, 2.05) is 30.3 Å². The first-order valence-corrected chi connectivity index (χ1v) is 7.22. The second-order valence-corrected chi connectivity index (χ2v) is 5.90. The summed E-state index contributed by atoms with van der Waals surface area (Å²) in [5, 5.41) is 0. The van der Waals surface area contributed by atoms with E-state index in [1.54, 1.807) is 34.6 Å². The van der Waals surface area contributed by atoms with Crippen molar-refractivity contribution in [3.8, 4) is 0 Å². The van der Waals surface area contributed by atoms with Gasteiger partial charge >= 0.3 is 11.9 Å². The van der Waals surface area contributed by atoms with Crippen LogP contribution in [0.1, 0.15) is 40.2 Å². The van der Waals surface area contributed by atoms with Crippen LogP contribution in [0.4, 0.5) is 0 Å². The molecule has 1 rings (SSSR count). The van der Waals surface area contributed by atoms with Crippen LogP contribution in [0.25, 0.3) is 0 Å². The molecule has 1 aromatic rings. The van der Waals surface area contributed by atoms with Gasteiger partial charge in [-0.1, -0.05) is 30.3 Å². The molecule has 4 nitrogen and oxygen atoms in total. The number of carbonyl (C=O) groups is 2. The summed E-state index contributed by atoms with van der Waals surface area (Å²) in [4.78, 5) is 24.8. The first kappa shape index (κ1) is 17.2. The molecule has 21 heavy (non-hydrogen) atoms. The van der Waals surface area contributed by atoms with E-state index in [0.29, 0.717) is 0 Å². The van der Waals surface area contributed by atoms with E-state index in [0.717, 1.165) is 5.56 Å². The quantitative estimate of drug-likeness (QED) is 0.597. The minimum atomic E-state index is -1.34. The number of ether oxygens (including phenoxy) is 2. The molecular weight excluding hydrogens is 268 g/mol. The zero-order valence-corrected chi connectivity index (χ0v) is 13.4. The van der Waals surface area contributed by atoms with E-state index in [1.165, 1.54) is 0 Å². The highest BCUT2D eigenvalue weighted by molar-refractivity contribution is 6.00. The fourth-order valence-corrected chi connectivity index (χ4v) is 1.92. The molecule has 0 aliphatic rings. The molecule has 0 atom stereocenters. The van der Waals surface area contributed by atoms with Crippen LogP contribution in [0.3, 0.4) is 0 Å². The maximum atomic E-state index is 12.4. The Bertz CT molecular complexity index is 455. The first-order valence-electron chi connectivity index (χ1n) is 7.22. The van der Waals surface area contributed by atoms with Crippen molar-refractivity contribution >= 4 is 11.9 Å². The Morgan fingerprint density at radius 3 is 1.76 bits per heavy atom. The Balaban J connectivity index is 3.03. The Kier molecular flexibility index (Phi) is 5.94. The van der Waals surface area contributed by atoms with Crippen molar-refractivity contribution in [3.05, 3.63) is 35.9 Å². The van der Waals surface area contributed by atoms with Crippen LogP contribution >= 0.6 is 0 Å². The summed E-state index contributed by atoms with van der Waals surface area (Å²) in [6.45, 7) is 8.61. The highest BCUT2D eigenvalue weighted by Gasteiger charge is 2.45. The summed E-state index contributed by atoms with van der Waals surface area (Å²) >= 11 is 0. The lowest BCUT2D eigenvalue weighted by atomic mass is 9.83. The van der Waals surface area contributed by atoms with Crippen molar-refractivity contribution in [3.63, 3.8) is 0 Å². The van der Waals surface area contributed by atoms with Gasteiger partial charge in [-0.05, 0) is 46.6 Å². The van der Waals surface area contributed by atoms with Crippen LogP contribution in [0.5, 0.6) is 0 Å². The molecule has 0 bridgehead atoms. The molecule has 0 saturated carbocycles. The van der Waals surface area contributed by atoms with Crippen LogP contribution in [0.15, 0.2) is 30.3 Å². The smallest absolute Gasteiger partial charge is 0.323 e. The molecule has 0 saturated heterocycles. The fraction of sp³-hybridized carbons (Fsp3) is 0.529. The van der Waals surface area contributed by atoms with E-state index in [9.17, 15) is 9.59 Å². The highest BCUT2D eigenvalue weighted by Crippen LogP contribution is 2.27. The molecule has 0 heterocycles. The summed E-state index contributed by atoms with van der Waals surface area (Å²) in [6, 6.07) is 9.39. The molecule has 116 valence electrons. The van der Waals surface area contributed by atoms with E-state index in [-0.39, 0.29) is 18.6 Å². The van der Waals surface area contributed by atoms with Crippen LogP contribution in [-0.4, -0.2) is 24.1 Å². The summed E-state index contributed by atoms with van der Waals surface area (Å²) in [5.74, 6) is -1.10. The predicted molar refractivity (Wildman–Crippen MR) is 80.7 cm³/mol. The molecule has 4 heteroatoms. The number of esters is 2. The standard InChI is InChI=1S/C17H24O4/c1-12(2)20-15(18)17(5,16(19)21-13(3)4)11-14-9-7-6-8-10-14/h6-10,12-13H,11H2,1-5H3. The Morgan fingerprint density at radius 1 is 0.952 bits per heavy atom. The summed E-state index contributed by atoms with van der Waals surface area (Å²) in [6.07, 6.45) is -0.302. The normalized spacial score (nSPS) is 11.6. The van der Waals surface area contributed by atoms with Gasteiger partial charge in [0.1, 0.15) is 0 Å². The van der Waals surface area contributed by atoms with E-state index in [2.05, 4.69) is 0 Å². The van der Waals surface area contributed by atoms with Gasteiger partial charge in [-0.15, -0.1) is 0 Å². The number of hydrogen-bond donors (Lipinski definition) is 0. The first-order chi connectivity index (χ1) is 9.75. The minimum absolute atomic E-state index is 0.255. The molecule has 0 aliphatic heterocycles. The molecule has 0 unspecified atom stereocenters. The van der Waals surface area contributed by atoms with Crippen molar-refractivity contribution in [2.75, 3.05) is 0 Å². The maximum absolute atomic E-state index is 12.4. The molecule has 0 fully saturated rings. The van der Waals surface area contributed by atoms with Gasteiger partial charge in [-0.3, -0.25) is 9.59 Å². The van der Waals surface area contributed by atoms with Gasteiger partial charge in [0.15, 0.2) is 5.41 Å². The lowest BCUT2D eigenvalue weighted by Gasteiger charge is -2.27. The third-order valence-electron chi connectivity index (χ3n) is 2.99. The van der Waals surface area contributed by atoms with Gasteiger partial charge < -0.3 is 9.47 Å². The monoisotopic (exact) mass is 292 g/mol. The van der Waals surface area contributed by atoms with Gasteiger partial charge in [0.2, 0.25) is 0 Å². The third kappa shape index (κ3) is 4.88. The molecular formula is C17H24O4. The predicted octanol–water partition coefficient (Wildman–Crippen LogP) is 3.14. The average molecular weight is 292 g/mol. The van der Waals surface area contributed by atoms with Crippen molar-refractivity contribution in [2.24, 2.45) is 5.41 Å². The molecule has 0 spiro atoms. The van der Waals surface area contributed by atoms with Gasteiger partial charge in [0.25, 0.3) is 0 Å². The summed E-state index contributed by atoms with van der Waals surface area (Å²) in [7, 11) is 0. The zero-order valence-electron chi connectivity index (χ0n) is 13.4. The van der Waals surface area contributed by atoms with Gasteiger partial charge in [0, 0.05) is 0 Å². The average Bonchev–Trinajstić information content (AvgIpc) is 2.38. The zero-order chi connectivity index (χ0) is 16.0. The number of benzene rings is 1. The second kappa shape index (κ2) is 7.25. The fourth-order valence-electron chi connectivity index (χ4n) is 1.92. The summed E-state index contributed by atoms with van der Waals surface area (Å²) < 4.78 is 10.5. The van der Waals surface area contributed by atoms with E-state index in [4.69, 9.17) is 9.47 Å². The van der Waals surface area contributed by atoms with Gasteiger partial charge in [0.05, 0.1) is 12.2 Å². The Hall–Kier alpha value is -1.84.